The Kier molecular flexibility index (Phi) is 23.2. The van der Waals surface area contributed by atoms with E-state index in [1.165, 1.54) is 0 Å². The molecule has 19 heteroatoms. The first-order valence-electron chi connectivity index (χ1n) is 11.3. The average molecular weight is 690 g/mol. The summed E-state index contributed by atoms with van der Waals surface area (Å²) in [6.45, 7) is 0.975. The number of hydrogen-bond donors (Lipinski definition) is 2. The zero-order valence-electron chi connectivity index (χ0n) is 22.4. The number of nitrogens with zero attached hydrogens (tertiary/aromatic N) is 6. The molecule has 16 nitrogen and oxygen atoms in total. The van der Waals surface area contributed by atoms with Gasteiger partial charge in [-0.05, 0) is 36.4 Å². The molecular weight excluding hydrogens is 662 g/mol. The molecule has 0 saturated carbocycles. The second-order valence-corrected chi connectivity index (χ2v) is 9.10. The topological polar surface area (TPSA) is 301 Å². The summed E-state index contributed by atoms with van der Waals surface area (Å²) in [5, 5.41) is 17.2. The molecule has 0 bridgehead atoms. The van der Waals surface area contributed by atoms with E-state index in [4.69, 9.17) is 42.4 Å². The first-order valence-corrected chi connectivity index (χ1v) is 13.8. The molecule has 3 aromatic rings. The molecule has 0 unspecified atom stereocenters. The number of hydrogen-bond acceptors (Lipinski definition) is 16. The van der Waals surface area contributed by atoms with E-state index in [1.54, 1.807) is 37.2 Å². The maximum absolute atomic E-state index is 10.2. The minimum Gasteiger partial charge on any atom is -0.400 e. The third-order valence-electron chi connectivity index (χ3n) is 4.35. The standard InChI is InChI=1S/C23H24N6O.CH4O.2ClHO4.Ni/c30-19-23(16-24-13-20-7-1-4-10-27-20,17-25-14-21-8-2-5-11-28-21)18-26-15-22-9-3-6-12-29-22;1-2;2*2-1(3,4)5;/h1-15,30H,16-19H2;2H,1H3;2*(H,2,3,4,5);/q;;;;+2/p-2. The van der Waals surface area contributed by atoms with Crippen molar-refractivity contribution in [2.24, 2.45) is 20.4 Å². The molecule has 3 heterocycles. The first-order chi connectivity index (χ1) is 19.8. The van der Waals surface area contributed by atoms with Gasteiger partial charge in [0.05, 0.1) is 48.7 Å². The number of aliphatic imine (C=N–C) groups is 3. The van der Waals surface area contributed by atoms with Crippen molar-refractivity contribution in [3.63, 3.8) is 0 Å². The third-order valence-corrected chi connectivity index (χ3v) is 4.35. The molecule has 2 N–H and O–H groups in total. The maximum Gasteiger partial charge on any atom is 2.00 e. The first kappa shape index (κ1) is 42.3. The average Bonchev–Trinajstić information content (AvgIpc) is 2.94. The van der Waals surface area contributed by atoms with Crippen LogP contribution in [0.25, 0.3) is 0 Å². The Morgan fingerprint density at radius 2 is 0.860 bits per heavy atom. The van der Waals surface area contributed by atoms with Gasteiger partial charge in [0.25, 0.3) is 0 Å². The smallest absolute Gasteiger partial charge is 0.400 e. The van der Waals surface area contributed by atoms with Gasteiger partial charge in [-0.2, -0.15) is 0 Å². The van der Waals surface area contributed by atoms with Gasteiger partial charge in [-0.25, -0.2) is 37.3 Å². The Morgan fingerprint density at radius 3 is 1.05 bits per heavy atom. The van der Waals surface area contributed by atoms with Crippen molar-refractivity contribution < 1.29 is 84.5 Å². The fraction of sp³-hybridized carbons (Fsp3) is 0.250. The van der Waals surface area contributed by atoms with Crippen LogP contribution in [0.3, 0.4) is 0 Å². The summed E-state index contributed by atoms with van der Waals surface area (Å²) < 4.78 is 67.9. The summed E-state index contributed by atoms with van der Waals surface area (Å²) in [7, 11) is -8.89. The minimum absolute atomic E-state index is 0. The fourth-order valence-corrected chi connectivity index (χ4v) is 2.66. The van der Waals surface area contributed by atoms with E-state index < -0.39 is 25.9 Å². The molecule has 0 saturated heterocycles. The van der Waals surface area contributed by atoms with E-state index >= 15 is 0 Å². The quantitative estimate of drug-likeness (QED) is 0.148. The summed E-state index contributed by atoms with van der Waals surface area (Å²) in [6.07, 6.45) is 10.3. The summed E-state index contributed by atoms with van der Waals surface area (Å²) in [6, 6.07) is 16.9. The van der Waals surface area contributed by atoms with E-state index in [1.807, 2.05) is 54.6 Å². The molecule has 0 aliphatic heterocycles. The fourth-order valence-electron chi connectivity index (χ4n) is 2.66. The van der Waals surface area contributed by atoms with Gasteiger partial charge in [0.15, 0.2) is 0 Å². The van der Waals surface area contributed by atoms with Crippen molar-refractivity contribution in [3.8, 4) is 0 Å². The molecular formula is C24H28Cl2N6NiO10. The van der Waals surface area contributed by atoms with Crippen LogP contribution in [0, 0.1) is 25.9 Å². The molecule has 0 fully saturated rings. The molecule has 0 amide bonds. The molecule has 0 radical (unpaired) electrons. The van der Waals surface area contributed by atoms with Crippen molar-refractivity contribution in [2.45, 2.75) is 0 Å². The van der Waals surface area contributed by atoms with Gasteiger partial charge in [0, 0.05) is 44.3 Å². The van der Waals surface area contributed by atoms with Crippen molar-refractivity contribution in [3.05, 3.63) is 90.3 Å². The molecule has 3 aromatic heterocycles. The molecule has 0 aliphatic rings. The van der Waals surface area contributed by atoms with Crippen LogP contribution in [0.2, 0.25) is 0 Å². The molecule has 0 spiro atoms. The number of pyridine rings is 3. The summed E-state index contributed by atoms with van der Waals surface area (Å²) in [5.41, 5.74) is 1.65. The van der Waals surface area contributed by atoms with Crippen LogP contribution >= 0.6 is 0 Å². The van der Waals surface area contributed by atoms with Crippen LogP contribution in [0.5, 0.6) is 0 Å². The molecule has 0 atom stereocenters. The van der Waals surface area contributed by atoms with Gasteiger partial charge in [0.2, 0.25) is 0 Å². The molecule has 0 aliphatic carbocycles. The zero-order chi connectivity index (χ0) is 31.9. The number of halogens is 2. The molecule has 43 heavy (non-hydrogen) atoms. The minimum atomic E-state index is -4.94. The normalized spacial score (nSPS) is 12.6. The SMILES string of the molecule is CO.OCC(CN=Cc1ccccn1)(CN=Cc1ccccn1)CN=Cc1ccccn1.[Ni+2].[O-][Cl+3]([O-])([O-])[O-].[O-][Cl+3]([O-])([O-])[O-]. The Morgan fingerprint density at radius 1 is 0.605 bits per heavy atom. The van der Waals surface area contributed by atoms with Crippen LogP contribution in [0.4, 0.5) is 0 Å². The molecule has 0 aromatic carbocycles. The van der Waals surface area contributed by atoms with E-state index in [0.29, 0.717) is 19.6 Å². The van der Waals surface area contributed by atoms with Gasteiger partial charge in [-0.15, -0.1) is 20.5 Å². The van der Waals surface area contributed by atoms with Crippen LogP contribution in [-0.2, 0) is 16.5 Å². The van der Waals surface area contributed by atoms with Crippen LogP contribution < -0.4 is 37.3 Å². The summed E-state index contributed by atoms with van der Waals surface area (Å²) in [5.74, 6) is 0. The van der Waals surface area contributed by atoms with Gasteiger partial charge in [-0.1, -0.05) is 18.2 Å². The predicted molar refractivity (Wildman–Crippen MR) is 128 cm³/mol. The number of aliphatic hydroxyl groups excluding tert-OH is 2. The maximum atomic E-state index is 10.2. The Bertz CT molecular complexity index is 1020. The molecule has 238 valence electrons. The van der Waals surface area contributed by atoms with Gasteiger partial charge >= 0.3 is 16.5 Å². The predicted octanol–water partition coefficient (Wildman–Crippen LogP) is -7.40. The molecule has 3 rings (SSSR count). The number of aromatic nitrogens is 3. The monoisotopic (exact) mass is 688 g/mol. The van der Waals surface area contributed by atoms with E-state index in [2.05, 4.69) is 29.9 Å². The van der Waals surface area contributed by atoms with Crippen LogP contribution in [0.1, 0.15) is 17.1 Å². The van der Waals surface area contributed by atoms with Crippen molar-refractivity contribution in [1.29, 1.82) is 0 Å². The van der Waals surface area contributed by atoms with Gasteiger partial charge in [-0.3, -0.25) is 29.9 Å². The third kappa shape index (κ3) is 26.5. The van der Waals surface area contributed by atoms with Crippen molar-refractivity contribution in [2.75, 3.05) is 33.4 Å². The van der Waals surface area contributed by atoms with E-state index in [0.717, 1.165) is 24.2 Å². The van der Waals surface area contributed by atoms with Crippen molar-refractivity contribution in [1.82, 2.24) is 15.0 Å². The second kappa shape index (κ2) is 23.6. The Balaban J connectivity index is 0. The van der Waals surface area contributed by atoms with E-state index in [-0.39, 0.29) is 23.1 Å². The Labute approximate surface area is 261 Å². The number of aliphatic hydroxyl groups is 2. The second-order valence-electron chi connectivity index (χ2n) is 7.59. The van der Waals surface area contributed by atoms with Crippen LogP contribution in [-0.4, -0.2) is 77.2 Å². The van der Waals surface area contributed by atoms with Gasteiger partial charge < -0.3 is 10.2 Å². The van der Waals surface area contributed by atoms with E-state index in [9.17, 15) is 5.11 Å². The largest absolute Gasteiger partial charge is 2.00 e. The van der Waals surface area contributed by atoms with Crippen molar-refractivity contribution >= 4 is 18.6 Å². The summed E-state index contributed by atoms with van der Waals surface area (Å²) >= 11 is 0. The summed E-state index contributed by atoms with van der Waals surface area (Å²) in [4.78, 5) is 26.2. The zero-order valence-corrected chi connectivity index (χ0v) is 24.9. The van der Waals surface area contributed by atoms with Gasteiger partial charge in [0.1, 0.15) is 0 Å². The van der Waals surface area contributed by atoms with Crippen LogP contribution in [0.15, 0.2) is 88.2 Å². The Hall–Kier alpha value is -2.87. The number of rotatable bonds is 10.